The first kappa shape index (κ1) is 54.5. The van der Waals surface area contributed by atoms with Crippen LogP contribution >= 0.6 is 0 Å². The number of alkyl halides is 1. The van der Waals surface area contributed by atoms with Crippen LogP contribution in [0.15, 0.2) is 0 Å². The van der Waals surface area contributed by atoms with E-state index in [1.807, 2.05) is 5.32 Å². The van der Waals surface area contributed by atoms with Crippen molar-refractivity contribution in [2.45, 2.75) is 96.2 Å². The smallest absolute Gasteiger partial charge is 0.305 e. The van der Waals surface area contributed by atoms with Crippen LogP contribution < -0.4 is 31.9 Å². The maximum absolute atomic E-state index is 13.5. The van der Waals surface area contributed by atoms with E-state index in [9.17, 15) is 67.7 Å². The lowest BCUT2D eigenvalue weighted by molar-refractivity contribution is -0.142. The number of carboxylic acids is 4. The molecule has 342 valence electrons. The summed E-state index contributed by atoms with van der Waals surface area (Å²) in [6.07, 6.45) is -5.53. The summed E-state index contributed by atoms with van der Waals surface area (Å²) in [6, 6.07) is -8.15. The van der Waals surface area contributed by atoms with Gasteiger partial charge in [0.1, 0.15) is 30.2 Å². The predicted octanol–water partition coefficient (Wildman–Crippen LogP) is -3.08. The fourth-order valence-corrected chi connectivity index (χ4v) is 4.61. The second-order valence-electron chi connectivity index (χ2n) is 13.3. The normalized spacial score (nSPS) is 14.0. The number of ether oxygens (including phenoxy) is 4. The van der Waals surface area contributed by atoms with Crippen LogP contribution in [0.5, 0.6) is 0 Å². The third kappa shape index (κ3) is 25.8. The van der Waals surface area contributed by atoms with Gasteiger partial charge in [0.05, 0.1) is 72.1 Å². The number of aliphatic carboxylic acids is 4. The first-order chi connectivity index (χ1) is 28.2. The Morgan fingerprint density at radius 2 is 0.883 bits per heavy atom. The van der Waals surface area contributed by atoms with Crippen molar-refractivity contribution in [3.05, 3.63) is 0 Å². The highest BCUT2D eigenvalue weighted by Gasteiger charge is 2.35. The summed E-state index contributed by atoms with van der Waals surface area (Å²) < 4.78 is 34.5. The van der Waals surface area contributed by atoms with Crippen molar-refractivity contribution >= 4 is 59.3 Å². The maximum Gasteiger partial charge on any atom is 0.305 e. The Morgan fingerprint density at radius 3 is 1.33 bits per heavy atom. The van der Waals surface area contributed by atoms with Crippen molar-refractivity contribution in [3.63, 3.8) is 0 Å². The Hall–Kier alpha value is -5.53. The molecule has 0 saturated heterocycles. The highest BCUT2D eigenvalue weighted by atomic mass is 19.1. The fourth-order valence-electron chi connectivity index (χ4n) is 4.61. The Balaban J connectivity index is 5.24. The average molecular weight is 869 g/mol. The van der Waals surface area contributed by atoms with Crippen molar-refractivity contribution in [1.82, 2.24) is 31.9 Å². The summed E-state index contributed by atoms with van der Waals surface area (Å²) in [6.45, 7) is 6.65. The molecule has 0 aliphatic carbocycles. The summed E-state index contributed by atoms with van der Waals surface area (Å²) in [5, 5.41) is 49.6. The van der Waals surface area contributed by atoms with Gasteiger partial charge in [0.2, 0.25) is 29.5 Å². The quantitative estimate of drug-likeness (QED) is 0.0287. The number of carbonyl (C=O) groups excluding carboxylic acids is 6. The SMILES string of the molecule is CC(C)[C@H](NC(=O)[C@H](CCC(=O)O)NC(=O)[C@H](CC(=O)O)NC(=O)[C@@H](C)F)C(=O)NC(CC(=O)O)C(=O)N[C@@H](C)C(=O)NCCOCCOCCOCCOCCC(=O)O. The number of carboxylic acid groups (broad SMARTS) is 4. The molecule has 0 aromatic heterocycles. The molecule has 10 N–H and O–H groups in total. The zero-order valence-corrected chi connectivity index (χ0v) is 33.8. The Kier molecular flexibility index (Phi) is 27.7. The van der Waals surface area contributed by atoms with Gasteiger partial charge in [-0.1, -0.05) is 13.8 Å². The Bertz CT molecular complexity index is 1450. The number of hydrogen-bond donors (Lipinski definition) is 10. The standard InChI is InChI=1S/C35H57FN6O18/c1-19(2)29(42-32(53)22(5-6-25(43)44)39-34(55)24(18-28(49)50)40-30(51)20(3)36)35(56)41-23(17-27(47)48)33(54)38-21(4)31(52)37-8-10-58-12-14-60-16-15-59-13-11-57-9-7-26(45)46/h19-24,29H,5-18H2,1-4H3,(H,37,52)(H,38,54)(H,39,55)(H,40,51)(H,41,56)(H,42,53)(H,43,44)(H,45,46)(H,47,48)(H,49,50)/t20-,21+,22+,23?,24+,29+/m1/s1. The maximum atomic E-state index is 13.5. The second kappa shape index (κ2) is 30.5. The van der Waals surface area contributed by atoms with E-state index in [1.54, 1.807) is 0 Å². The molecule has 0 radical (unpaired) electrons. The molecule has 25 heteroatoms. The van der Waals surface area contributed by atoms with E-state index in [0.717, 1.165) is 6.92 Å². The molecule has 0 spiro atoms. The number of nitrogens with one attached hydrogen (secondary N) is 6. The molecule has 1 unspecified atom stereocenters. The van der Waals surface area contributed by atoms with Crippen LogP contribution in [0.2, 0.25) is 0 Å². The van der Waals surface area contributed by atoms with Crippen LogP contribution in [0.4, 0.5) is 4.39 Å². The van der Waals surface area contributed by atoms with Crippen molar-refractivity contribution in [2.75, 3.05) is 59.4 Å². The van der Waals surface area contributed by atoms with Gasteiger partial charge in [0.25, 0.3) is 5.91 Å². The monoisotopic (exact) mass is 868 g/mol. The lowest BCUT2D eigenvalue weighted by atomic mass is 10.0. The summed E-state index contributed by atoms with van der Waals surface area (Å²) in [5.41, 5.74) is 0. The molecule has 0 aliphatic rings. The number of hydrogen-bond acceptors (Lipinski definition) is 14. The van der Waals surface area contributed by atoms with Crippen LogP contribution in [-0.4, -0.2) is 176 Å². The number of rotatable bonds is 34. The van der Waals surface area contributed by atoms with Crippen molar-refractivity contribution < 1.29 is 91.7 Å². The van der Waals surface area contributed by atoms with Gasteiger partial charge >= 0.3 is 23.9 Å². The second-order valence-corrected chi connectivity index (χ2v) is 13.3. The minimum Gasteiger partial charge on any atom is -0.481 e. The van der Waals surface area contributed by atoms with E-state index in [0.29, 0.717) is 0 Å². The number of carbonyl (C=O) groups is 10. The van der Waals surface area contributed by atoms with Crippen molar-refractivity contribution in [3.8, 4) is 0 Å². The molecule has 60 heavy (non-hydrogen) atoms. The van der Waals surface area contributed by atoms with Gasteiger partial charge in [-0.15, -0.1) is 0 Å². The lowest BCUT2D eigenvalue weighted by Crippen LogP contribution is -2.60. The van der Waals surface area contributed by atoms with E-state index >= 15 is 0 Å². The molecular weight excluding hydrogens is 811 g/mol. The third-order valence-electron chi connectivity index (χ3n) is 7.79. The summed E-state index contributed by atoms with van der Waals surface area (Å²) >= 11 is 0. The topological polar surface area (TPSA) is 361 Å². The highest BCUT2D eigenvalue weighted by Crippen LogP contribution is 2.08. The zero-order chi connectivity index (χ0) is 45.8. The van der Waals surface area contributed by atoms with Gasteiger partial charge in [-0.2, -0.15) is 0 Å². The van der Waals surface area contributed by atoms with E-state index in [4.69, 9.17) is 24.1 Å². The predicted molar refractivity (Wildman–Crippen MR) is 201 cm³/mol. The molecule has 0 aromatic carbocycles. The molecule has 0 saturated carbocycles. The molecular formula is C35H57FN6O18. The van der Waals surface area contributed by atoms with Gasteiger partial charge in [-0.05, 0) is 26.2 Å². The van der Waals surface area contributed by atoms with Crippen molar-refractivity contribution in [1.29, 1.82) is 0 Å². The minimum absolute atomic E-state index is 0.0225. The summed E-state index contributed by atoms with van der Waals surface area (Å²) in [4.78, 5) is 122. The van der Waals surface area contributed by atoms with Crippen LogP contribution in [0.3, 0.4) is 0 Å². The minimum atomic E-state index is -2.14. The molecule has 0 bridgehead atoms. The van der Waals surface area contributed by atoms with E-state index in [-0.39, 0.29) is 65.8 Å². The summed E-state index contributed by atoms with van der Waals surface area (Å²) in [5.74, 6) is -12.9. The molecule has 6 amide bonds. The number of amides is 6. The Morgan fingerprint density at radius 1 is 0.467 bits per heavy atom. The molecule has 0 aliphatic heterocycles. The average Bonchev–Trinajstić information content (AvgIpc) is 3.15. The fraction of sp³-hybridized carbons (Fsp3) is 0.714. The van der Waals surface area contributed by atoms with Gasteiger partial charge in [0, 0.05) is 13.0 Å². The molecule has 0 heterocycles. The number of halogens is 1. The highest BCUT2D eigenvalue weighted by molar-refractivity contribution is 5.98. The van der Waals surface area contributed by atoms with Crippen LogP contribution in [0.1, 0.15) is 59.8 Å². The zero-order valence-electron chi connectivity index (χ0n) is 33.8. The summed E-state index contributed by atoms with van der Waals surface area (Å²) in [7, 11) is 0. The molecule has 0 aromatic rings. The van der Waals surface area contributed by atoms with Crippen LogP contribution in [0, 0.1) is 5.92 Å². The molecule has 0 rings (SSSR count). The largest absolute Gasteiger partial charge is 0.481 e. The van der Waals surface area contributed by atoms with Gasteiger partial charge in [-0.3, -0.25) is 47.9 Å². The first-order valence-electron chi connectivity index (χ1n) is 18.8. The lowest BCUT2D eigenvalue weighted by Gasteiger charge is -2.28. The molecule has 6 atom stereocenters. The Labute approximate surface area is 344 Å². The molecule has 24 nitrogen and oxygen atoms in total. The van der Waals surface area contributed by atoms with Crippen LogP contribution in [-0.2, 0) is 66.9 Å². The van der Waals surface area contributed by atoms with Crippen LogP contribution in [0.25, 0.3) is 0 Å². The molecule has 0 fully saturated rings. The van der Waals surface area contributed by atoms with E-state index in [1.165, 1.54) is 20.8 Å². The van der Waals surface area contributed by atoms with Gasteiger partial charge in [0.15, 0.2) is 6.17 Å². The third-order valence-corrected chi connectivity index (χ3v) is 7.79. The van der Waals surface area contributed by atoms with E-state index in [2.05, 4.69) is 26.6 Å². The van der Waals surface area contributed by atoms with E-state index < -0.39 is 127 Å². The van der Waals surface area contributed by atoms with Crippen molar-refractivity contribution in [2.24, 2.45) is 5.92 Å². The van der Waals surface area contributed by atoms with Gasteiger partial charge in [-0.25, -0.2) is 4.39 Å². The first-order valence-corrected chi connectivity index (χ1v) is 18.8. The van der Waals surface area contributed by atoms with Gasteiger partial charge < -0.3 is 71.3 Å².